The lowest BCUT2D eigenvalue weighted by atomic mass is 10.2. The zero-order valence-corrected chi connectivity index (χ0v) is 20.4. The van der Waals surface area contributed by atoms with Crippen LogP contribution < -0.4 is 25.6 Å². The Labute approximate surface area is 198 Å². The Bertz CT molecular complexity index is 1160. The molecule has 2 aromatic carbocycles. The Balaban J connectivity index is 2.05. The van der Waals surface area contributed by atoms with Gasteiger partial charge in [0, 0.05) is 31.3 Å². The number of hydrogen-bond donors (Lipinski definition) is 3. The molecule has 3 amide bonds. The molecule has 34 heavy (non-hydrogen) atoms. The first kappa shape index (κ1) is 26.6. The lowest BCUT2D eigenvalue weighted by Gasteiger charge is -2.14. The lowest BCUT2D eigenvalue weighted by molar-refractivity contribution is -0.123. The quantitative estimate of drug-likeness (QED) is 0.442. The van der Waals surface area contributed by atoms with E-state index in [-0.39, 0.29) is 46.1 Å². The van der Waals surface area contributed by atoms with Gasteiger partial charge in [-0.15, -0.1) is 0 Å². The van der Waals surface area contributed by atoms with E-state index >= 15 is 0 Å². The average Bonchev–Trinajstić information content (AvgIpc) is 2.80. The van der Waals surface area contributed by atoms with Crippen molar-refractivity contribution in [2.45, 2.75) is 24.8 Å². The van der Waals surface area contributed by atoms with Gasteiger partial charge in [-0.25, -0.2) is 12.7 Å². The van der Waals surface area contributed by atoms with Gasteiger partial charge in [-0.3, -0.25) is 25.2 Å². The highest BCUT2D eigenvalue weighted by Gasteiger charge is 2.19. The number of amides is 3. The number of hydrazine groups is 1. The van der Waals surface area contributed by atoms with Crippen LogP contribution >= 0.6 is 0 Å². The molecule has 184 valence electrons. The lowest BCUT2D eigenvalue weighted by Crippen LogP contribution is -2.41. The first-order chi connectivity index (χ1) is 15.9. The summed E-state index contributed by atoms with van der Waals surface area (Å²) in [7, 11) is 0.428. The van der Waals surface area contributed by atoms with Crippen molar-refractivity contribution in [1.82, 2.24) is 20.5 Å². The number of carbonyl (C=O) groups is 3. The third-order valence-electron chi connectivity index (χ3n) is 4.40. The van der Waals surface area contributed by atoms with Gasteiger partial charge in [0.25, 0.3) is 17.7 Å². The van der Waals surface area contributed by atoms with Crippen LogP contribution in [-0.4, -0.2) is 64.3 Å². The van der Waals surface area contributed by atoms with Gasteiger partial charge >= 0.3 is 0 Å². The molecule has 3 N–H and O–H groups in total. The van der Waals surface area contributed by atoms with E-state index in [9.17, 15) is 22.8 Å². The fraction of sp³-hybridized carbons (Fsp3) is 0.318. The minimum absolute atomic E-state index is 0.0286. The summed E-state index contributed by atoms with van der Waals surface area (Å²) in [6.45, 7) is 3.43. The van der Waals surface area contributed by atoms with Crippen molar-refractivity contribution in [3.05, 3.63) is 53.6 Å². The molecule has 0 unspecified atom stereocenters. The smallest absolute Gasteiger partial charge is 0.269 e. The SMILES string of the molecule is COc1cc(C(=O)NNC(=O)c2cccc(S(=O)(=O)N(C)C)c2)ccc1OCC(=O)NC(C)C. The molecule has 0 bridgehead atoms. The van der Waals surface area contributed by atoms with Gasteiger partial charge in [0.1, 0.15) is 0 Å². The van der Waals surface area contributed by atoms with Crippen molar-refractivity contribution in [3.8, 4) is 11.5 Å². The van der Waals surface area contributed by atoms with Gasteiger partial charge in [0.15, 0.2) is 18.1 Å². The van der Waals surface area contributed by atoms with Crippen molar-refractivity contribution in [3.63, 3.8) is 0 Å². The van der Waals surface area contributed by atoms with Crippen molar-refractivity contribution in [2.75, 3.05) is 27.8 Å². The van der Waals surface area contributed by atoms with Crippen LogP contribution in [0.1, 0.15) is 34.6 Å². The number of sulfonamides is 1. The van der Waals surface area contributed by atoms with E-state index in [0.717, 1.165) is 4.31 Å². The number of hydrogen-bond acceptors (Lipinski definition) is 7. The Kier molecular flexibility index (Phi) is 8.98. The Morgan fingerprint density at radius 2 is 1.56 bits per heavy atom. The van der Waals surface area contributed by atoms with E-state index < -0.39 is 21.8 Å². The van der Waals surface area contributed by atoms with E-state index in [4.69, 9.17) is 9.47 Å². The first-order valence-electron chi connectivity index (χ1n) is 10.2. The molecule has 0 spiro atoms. The number of carbonyl (C=O) groups excluding carboxylic acids is 3. The third kappa shape index (κ3) is 6.93. The highest BCUT2D eigenvalue weighted by atomic mass is 32.2. The van der Waals surface area contributed by atoms with Crippen LogP contribution in [0.2, 0.25) is 0 Å². The van der Waals surface area contributed by atoms with Crippen LogP contribution in [0.4, 0.5) is 0 Å². The van der Waals surface area contributed by atoms with Gasteiger partial charge in [0.2, 0.25) is 10.0 Å². The molecule has 0 heterocycles. The molecule has 11 nitrogen and oxygen atoms in total. The predicted molar refractivity (Wildman–Crippen MR) is 124 cm³/mol. The average molecular weight is 493 g/mol. The van der Waals surface area contributed by atoms with Crippen molar-refractivity contribution in [1.29, 1.82) is 0 Å². The standard InChI is InChI=1S/C22H28N4O7S/c1-14(2)23-20(27)13-33-18-10-9-16(12-19(18)32-5)22(29)25-24-21(28)15-7-6-8-17(11-15)34(30,31)26(3)4/h6-12,14H,13H2,1-5H3,(H,23,27)(H,24,28)(H,25,29). The number of rotatable bonds is 9. The number of benzene rings is 2. The summed E-state index contributed by atoms with van der Waals surface area (Å²) in [5.74, 6) is -1.16. The van der Waals surface area contributed by atoms with Crippen LogP contribution in [-0.2, 0) is 14.8 Å². The fourth-order valence-corrected chi connectivity index (χ4v) is 3.65. The van der Waals surface area contributed by atoms with Crippen LogP contribution in [0.25, 0.3) is 0 Å². The summed E-state index contributed by atoms with van der Waals surface area (Å²) in [5.41, 5.74) is 4.70. The summed E-state index contributed by atoms with van der Waals surface area (Å²) in [6, 6.07) is 9.69. The number of ether oxygens (including phenoxy) is 2. The minimum atomic E-state index is -3.72. The molecule has 0 aromatic heterocycles. The maximum Gasteiger partial charge on any atom is 0.269 e. The van der Waals surface area contributed by atoms with Crippen molar-refractivity contribution >= 4 is 27.7 Å². The summed E-state index contributed by atoms with van der Waals surface area (Å²) in [6.07, 6.45) is 0. The van der Waals surface area contributed by atoms with Crippen molar-refractivity contribution in [2.24, 2.45) is 0 Å². The largest absolute Gasteiger partial charge is 0.493 e. The Hall–Kier alpha value is -3.64. The maximum atomic E-state index is 12.5. The topological polar surface area (TPSA) is 143 Å². The molecular weight excluding hydrogens is 464 g/mol. The summed E-state index contributed by atoms with van der Waals surface area (Å²) in [5, 5.41) is 2.69. The monoisotopic (exact) mass is 492 g/mol. The fourth-order valence-electron chi connectivity index (χ4n) is 2.70. The molecule has 12 heteroatoms. The molecule has 0 aliphatic carbocycles. The van der Waals surface area contributed by atoms with Gasteiger partial charge in [-0.05, 0) is 50.2 Å². The Morgan fingerprint density at radius 3 is 2.12 bits per heavy atom. The number of nitrogens with zero attached hydrogens (tertiary/aromatic N) is 1. The Morgan fingerprint density at radius 1 is 0.941 bits per heavy atom. The van der Waals surface area contributed by atoms with E-state index in [1.165, 1.54) is 63.7 Å². The van der Waals surface area contributed by atoms with Crippen LogP contribution in [0.3, 0.4) is 0 Å². The first-order valence-corrected chi connectivity index (χ1v) is 11.6. The maximum absolute atomic E-state index is 12.5. The predicted octanol–water partition coefficient (Wildman–Crippen LogP) is 0.924. The van der Waals surface area contributed by atoms with E-state index in [2.05, 4.69) is 16.2 Å². The highest BCUT2D eigenvalue weighted by molar-refractivity contribution is 7.89. The van der Waals surface area contributed by atoms with Crippen LogP contribution in [0.5, 0.6) is 11.5 Å². The number of methoxy groups -OCH3 is 1. The molecule has 0 saturated heterocycles. The molecule has 0 fully saturated rings. The highest BCUT2D eigenvalue weighted by Crippen LogP contribution is 2.28. The molecule has 0 aliphatic rings. The summed E-state index contributed by atoms with van der Waals surface area (Å²) < 4.78 is 36.2. The zero-order valence-electron chi connectivity index (χ0n) is 19.5. The second-order valence-electron chi connectivity index (χ2n) is 7.60. The van der Waals surface area contributed by atoms with Crippen LogP contribution in [0.15, 0.2) is 47.4 Å². The normalized spacial score (nSPS) is 11.1. The molecule has 0 radical (unpaired) electrons. The van der Waals surface area contributed by atoms with E-state index in [1.54, 1.807) is 0 Å². The summed E-state index contributed by atoms with van der Waals surface area (Å²) in [4.78, 5) is 36.6. The van der Waals surface area contributed by atoms with E-state index in [1.807, 2.05) is 13.8 Å². The molecule has 0 atom stereocenters. The second-order valence-corrected chi connectivity index (χ2v) is 9.75. The van der Waals surface area contributed by atoms with E-state index in [0.29, 0.717) is 0 Å². The zero-order chi connectivity index (χ0) is 25.5. The molecular formula is C22H28N4O7S. The third-order valence-corrected chi connectivity index (χ3v) is 6.21. The van der Waals surface area contributed by atoms with Gasteiger partial charge in [-0.2, -0.15) is 0 Å². The summed E-state index contributed by atoms with van der Waals surface area (Å²) >= 11 is 0. The molecule has 0 aliphatic heterocycles. The van der Waals surface area contributed by atoms with Crippen molar-refractivity contribution < 1.29 is 32.3 Å². The van der Waals surface area contributed by atoms with Gasteiger partial charge in [0.05, 0.1) is 12.0 Å². The van der Waals surface area contributed by atoms with Crippen LogP contribution in [0, 0.1) is 0 Å². The van der Waals surface area contributed by atoms with Gasteiger partial charge < -0.3 is 14.8 Å². The van der Waals surface area contributed by atoms with Gasteiger partial charge in [-0.1, -0.05) is 6.07 Å². The number of nitrogens with one attached hydrogen (secondary N) is 3. The molecule has 2 rings (SSSR count). The molecule has 0 saturated carbocycles. The minimum Gasteiger partial charge on any atom is -0.493 e. The molecule has 2 aromatic rings. The second kappa shape index (κ2) is 11.5.